The summed E-state index contributed by atoms with van der Waals surface area (Å²) in [5, 5.41) is 9.63. The van der Waals surface area contributed by atoms with Crippen molar-refractivity contribution in [1.82, 2.24) is 4.57 Å². The van der Waals surface area contributed by atoms with Crippen LogP contribution in [-0.4, -0.2) is 4.57 Å². The molecule has 0 aliphatic heterocycles. The molecule has 0 atom stereocenters. The minimum Gasteiger partial charge on any atom is -0.310 e. The highest BCUT2D eigenvalue weighted by molar-refractivity contribution is 6.13. The van der Waals surface area contributed by atoms with Crippen molar-refractivity contribution in [3.63, 3.8) is 0 Å². The molecule has 0 N–H and O–H groups in total. The van der Waals surface area contributed by atoms with Gasteiger partial charge in [-0.25, -0.2) is 0 Å². The maximum atomic E-state index is 2.47. The van der Waals surface area contributed by atoms with E-state index in [-0.39, 0.29) is 0 Å². The van der Waals surface area contributed by atoms with Gasteiger partial charge in [-0.3, -0.25) is 0 Å². The Labute approximate surface area is 401 Å². The molecule has 0 fully saturated rings. The molecule has 0 aliphatic carbocycles. The number of para-hydroxylation sites is 2. The van der Waals surface area contributed by atoms with Gasteiger partial charge in [0.1, 0.15) is 0 Å². The van der Waals surface area contributed by atoms with E-state index in [1.54, 1.807) is 0 Å². The third kappa shape index (κ3) is 7.08. The van der Waals surface area contributed by atoms with Gasteiger partial charge in [-0.05, 0) is 129 Å². The smallest absolute Gasteiger partial charge is 0.0542 e. The molecule has 0 saturated carbocycles. The first-order valence-electron chi connectivity index (χ1n) is 23.7. The summed E-state index contributed by atoms with van der Waals surface area (Å²) in [5.41, 5.74) is 14.9. The van der Waals surface area contributed by atoms with Crippen LogP contribution in [0.3, 0.4) is 0 Å². The lowest BCUT2D eigenvalue weighted by molar-refractivity contribution is 1.18. The molecule has 12 aromatic carbocycles. The average Bonchev–Trinajstić information content (AvgIpc) is 3.76. The topological polar surface area (TPSA) is 11.4 Å². The van der Waals surface area contributed by atoms with Crippen molar-refractivity contribution in [3.8, 4) is 27.9 Å². The van der Waals surface area contributed by atoms with Crippen LogP contribution in [-0.2, 0) is 0 Å². The molecule has 0 unspecified atom stereocenters. The molecule has 1 aromatic heterocycles. The molecule has 0 spiro atoms. The molecule has 1 heterocycles. The molecule has 3 nitrogen and oxygen atoms in total. The molecule has 13 rings (SSSR count). The van der Waals surface area contributed by atoms with Gasteiger partial charge in [0.25, 0.3) is 0 Å². The van der Waals surface area contributed by atoms with Crippen molar-refractivity contribution in [2.24, 2.45) is 0 Å². The van der Waals surface area contributed by atoms with Crippen LogP contribution >= 0.6 is 0 Å². The van der Waals surface area contributed by atoms with Crippen LogP contribution in [0.5, 0.6) is 0 Å². The van der Waals surface area contributed by atoms with E-state index < -0.39 is 0 Å². The SMILES string of the molecule is c1ccc(-c2ccc(N(c3ccc(-c4ccc(N(c5ccc6c(c5)c5ccccc5n6-c5ccccc5)c5cccc6ccccc56)c5ccccc45)cc3)c3ccc4ccccc4c3)cc2)cc1. The van der Waals surface area contributed by atoms with Gasteiger partial charge in [-0.2, -0.15) is 0 Å². The Kier molecular flexibility index (Phi) is 9.84. The zero-order valence-corrected chi connectivity index (χ0v) is 37.8. The molecular weight excluding hydrogens is 835 g/mol. The van der Waals surface area contributed by atoms with E-state index >= 15 is 0 Å². The molecular formula is C66H45N3. The van der Waals surface area contributed by atoms with Crippen LogP contribution in [0.15, 0.2) is 273 Å². The second kappa shape index (κ2) is 16.9. The molecule has 3 heteroatoms. The summed E-state index contributed by atoms with van der Waals surface area (Å²) in [4.78, 5) is 4.83. The molecule has 69 heavy (non-hydrogen) atoms. The number of hydrogen-bond donors (Lipinski definition) is 0. The summed E-state index contributed by atoms with van der Waals surface area (Å²) < 4.78 is 2.38. The van der Waals surface area contributed by atoms with Gasteiger partial charge < -0.3 is 14.4 Å². The predicted molar refractivity (Wildman–Crippen MR) is 294 cm³/mol. The highest BCUT2D eigenvalue weighted by Gasteiger charge is 2.22. The van der Waals surface area contributed by atoms with E-state index in [0.717, 1.165) is 45.4 Å². The minimum absolute atomic E-state index is 1.09. The average molecular weight is 880 g/mol. The standard InChI is InChI=1S/C66H45N3/c1-3-16-46(17-4-1)48-30-35-53(36-31-48)67(55-39-32-47-18-7-8-20-51(47)44-55)54-37-33-50(34-38-54)57-41-43-65(60-26-12-11-25-59(57)60)69(63-29-15-21-49-19-9-10-24-58(49)63)56-40-42-66-62(45-56)61-27-13-14-28-64(61)68(66)52-22-5-2-6-23-52/h1-45H. The van der Waals surface area contributed by atoms with E-state index in [2.05, 4.69) is 287 Å². The van der Waals surface area contributed by atoms with Gasteiger partial charge in [0, 0.05) is 50.0 Å². The van der Waals surface area contributed by atoms with Crippen molar-refractivity contribution < 1.29 is 0 Å². The lowest BCUT2D eigenvalue weighted by Gasteiger charge is -2.29. The lowest BCUT2D eigenvalue weighted by Crippen LogP contribution is -2.11. The van der Waals surface area contributed by atoms with Crippen molar-refractivity contribution in [1.29, 1.82) is 0 Å². The number of aromatic nitrogens is 1. The fraction of sp³-hybridized carbons (Fsp3) is 0. The third-order valence-electron chi connectivity index (χ3n) is 13.7. The second-order valence-corrected chi connectivity index (χ2v) is 17.7. The first kappa shape index (κ1) is 40.1. The van der Waals surface area contributed by atoms with Crippen molar-refractivity contribution in [2.45, 2.75) is 0 Å². The van der Waals surface area contributed by atoms with E-state index in [9.17, 15) is 0 Å². The van der Waals surface area contributed by atoms with Crippen LogP contribution in [0, 0.1) is 0 Å². The fourth-order valence-electron chi connectivity index (χ4n) is 10.5. The van der Waals surface area contributed by atoms with Crippen molar-refractivity contribution >= 4 is 88.2 Å². The predicted octanol–water partition coefficient (Wildman–Crippen LogP) is 18.5. The lowest BCUT2D eigenvalue weighted by atomic mass is 9.95. The van der Waals surface area contributed by atoms with Crippen LogP contribution in [0.2, 0.25) is 0 Å². The van der Waals surface area contributed by atoms with Gasteiger partial charge in [0.2, 0.25) is 0 Å². The second-order valence-electron chi connectivity index (χ2n) is 17.7. The Morgan fingerprint density at radius 3 is 1.54 bits per heavy atom. The fourth-order valence-corrected chi connectivity index (χ4v) is 10.5. The number of nitrogens with zero attached hydrogens (tertiary/aromatic N) is 3. The van der Waals surface area contributed by atoms with Crippen LogP contribution < -0.4 is 9.80 Å². The largest absolute Gasteiger partial charge is 0.310 e. The number of hydrogen-bond acceptors (Lipinski definition) is 2. The summed E-state index contributed by atoms with van der Waals surface area (Å²) in [6.45, 7) is 0. The Bertz CT molecular complexity index is 4000. The Morgan fingerprint density at radius 1 is 0.246 bits per heavy atom. The monoisotopic (exact) mass is 879 g/mol. The number of benzene rings is 12. The summed E-state index contributed by atoms with van der Waals surface area (Å²) >= 11 is 0. The molecule has 0 bridgehead atoms. The maximum absolute atomic E-state index is 2.47. The van der Waals surface area contributed by atoms with Crippen LogP contribution in [0.1, 0.15) is 0 Å². The molecule has 0 amide bonds. The van der Waals surface area contributed by atoms with E-state index in [1.165, 1.54) is 70.8 Å². The minimum atomic E-state index is 1.09. The Hall–Kier alpha value is -9.18. The molecule has 13 aromatic rings. The van der Waals surface area contributed by atoms with Gasteiger partial charge in [-0.15, -0.1) is 0 Å². The summed E-state index contributed by atoms with van der Waals surface area (Å²) in [5.74, 6) is 0. The highest BCUT2D eigenvalue weighted by Crippen LogP contribution is 2.46. The Balaban J connectivity index is 0.943. The van der Waals surface area contributed by atoms with Crippen molar-refractivity contribution in [2.75, 3.05) is 9.80 Å². The summed E-state index contributed by atoms with van der Waals surface area (Å²) in [7, 11) is 0. The third-order valence-corrected chi connectivity index (χ3v) is 13.7. The molecule has 0 radical (unpaired) electrons. The summed E-state index contributed by atoms with van der Waals surface area (Å²) in [6, 6.07) is 99.2. The number of rotatable bonds is 9. The molecule has 0 aliphatic rings. The van der Waals surface area contributed by atoms with Gasteiger partial charge in [0.05, 0.1) is 22.4 Å². The van der Waals surface area contributed by atoms with E-state index in [1.807, 2.05) is 0 Å². The van der Waals surface area contributed by atoms with Crippen LogP contribution in [0.25, 0.3) is 82.1 Å². The Morgan fingerprint density at radius 2 is 0.768 bits per heavy atom. The first-order chi connectivity index (χ1) is 34.2. The number of anilines is 6. The normalized spacial score (nSPS) is 11.5. The zero-order valence-electron chi connectivity index (χ0n) is 37.8. The van der Waals surface area contributed by atoms with Gasteiger partial charge in [-0.1, -0.05) is 188 Å². The van der Waals surface area contributed by atoms with Crippen LogP contribution in [0.4, 0.5) is 34.1 Å². The van der Waals surface area contributed by atoms with E-state index in [4.69, 9.17) is 0 Å². The summed E-state index contributed by atoms with van der Waals surface area (Å²) in [6.07, 6.45) is 0. The first-order valence-corrected chi connectivity index (χ1v) is 23.7. The molecule has 0 saturated heterocycles. The quantitative estimate of drug-likeness (QED) is 0.143. The van der Waals surface area contributed by atoms with E-state index in [0.29, 0.717) is 0 Å². The molecule has 324 valence electrons. The maximum Gasteiger partial charge on any atom is 0.0542 e. The highest BCUT2D eigenvalue weighted by atomic mass is 15.2. The van der Waals surface area contributed by atoms with Gasteiger partial charge in [0.15, 0.2) is 0 Å². The van der Waals surface area contributed by atoms with Crippen molar-refractivity contribution in [3.05, 3.63) is 273 Å². The number of fused-ring (bicyclic) bond motifs is 6. The zero-order chi connectivity index (χ0) is 45.7. The van der Waals surface area contributed by atoms with Gasteiger partial charge >= 0.3 is 0 Å².